The van der Waals surface area contributed by atoms with Crippen LogP contribution >= 0.6 is 0 Å². The van der Waals surface area contributed by atoms with Gasteiger partial charge in [-0.05, 0) is 32.4 Å². The van der Waals surface area contributed by atoms with Gasteiger partial charge < -0.3 is 19.5 Å². The lowest BCUT2D eigenvalue weighted by molar-refractivity contribution is 0.184. The molecule has 0 amide bonds. The number of anilines is 1. The normalized spacial score (nSPS) is 12.0. The van der Waals surface area contributed by atoms with Gasteiger partial charge in [0.2, 0.25) is 0 Å². The summed E-state index contributed by atoms with van der Waals surface area (Å²) in [5.74, 6) is 1.57. The Morgan fingerprint density at radius 3 is 2.32 bits per heavy atom. The Kier molecular flexibility index (Phi) is 7.11. The maximum Gasteiger partial charge on any atom is 0.163 e. The molecule has 1 N–H and O–H groups in total. The predicted molar refractivity (Wildman–Crippen MR) is 78.4 cm³/mol. The van der Waals surface area contributed by atoms with Crippen molar-refractivity contribution in [3.05, 3.63) is 18.2 Å². The molecular weight excluding hydrogens is 242 g/mol. The highest BCUT2D eigenvalue weighted by Gasteiger charge is 2.09. The molecule has 0 radical (unpaired) electrons. The van der Waals surface area contributed by atoms with E-state index in [2.05, 4.69) is 12.2 Å². The third-order valence-electron chi connectivity index (χ3n) is 2.77. The Bertz CT molecular complexity index is 368. The zero-order valence-electron chi connectivity index (χ0n) is 12.4. The minimum atomic E-state index is 0.303. The summed E-state index contributed by atoms with van der Waals surface area (Å²) in [6.07, 6.45) is 1.00. The van der Waals surface area contributed by atoms with Gasteiger partial charge >= 0.3 is 0 Å². The van der Waals surface area contributed by atoms with Gasteiger partial charge in [0.15, 0.2) is 11.5 Å². The van der Waals surface area contributed by atoms with Crippen molar-refractivity contribution >= 4 is 5.69 Å². The van der Waals surface area contributed by atoms with E-state index in [0.29, 0.717) is 25.9 Å². The quantitative estimate of drug-likeness (QED) is 0.745. The standard InChI is InChI=1S/C15H25NO3/c1-5-12(11-17-4)16-13-8-9-14(18-6-2)15(10-13)19-7-3/h8-10,12,16H,5-7,11H2,1-4H3. The van der Waals surface area contributed by atoms with Crippen molar-refractivity contribution in [2.45, 2.75) is 33.2 Å². The Morgan fingerprint density at radius 1 is 1.05 bits per heavy atom. The van der Waals surface area contributed by atoms with Crippen molar-refractivity contribution in [2.24, 2.45) is 0 Å². The molecule has 1 aromatic rings. The van der Waals surface area contributed by atoms with Gasteiger partial charge in [-0.2, -0.15) is 0 Å². The molecular formula is C15H25NO3. The minimum Gasteiger partial charge on any atom is -0.490 e. The maximum absolute atomic E-state index is 5.61. The molecule has 0 aliphatic rings. The zero-order chi connectivity index (χ0) is 14.1. The third-order valence-corrected chi connectivity index (χ3v) is 2.77. The summed E-state index contributed by atoms with van der Waals surface area (Å²) in [4.78, 5) is 0. The van der Waals surface area contributed by atoms with E-state index in [9.17, 15) is 0 Å². The Hall–Kier alpha value is -1.42. The van der Waals surface area contributed by atoms with Crippen LogP contribution in [-0.2, 0) is 4.74 Å². The van der Waals surface area contributed by atoms with Crippen LogP contribution in [0.5, 0.6) is 11.5 Å². The van der Waals surface area contributed by atoms with Crippen molar-refractivity contribution < 1.29 is 14.2 Å². The number of rotatable bonds is 9. The van der Waals surface area contributed by atoms with Crippen molar-refractivity contribution in [2.75, 3.05) is 32.2 Å². The molecule has 1 atom stereocenters. The summed E-state index contributed by atoms with van der Waals surface area (Å²) < 4.78 is 16.3. The molecule has 0 aromatic heterocycles. The third kappa shape index (κ3) is 4.99. The lowest BCUT2D eigenvalue weighted by Gasteiger charge is -2.19. The van der Waals surface area contributed by atoms with Crippen LogP contribution in [0.2, 0.25) is 0 Å². The number of benzene rings is 1. The van der Waals surface area contributed by atoms with Crippen molar-refractivity contribution in [1.29, 1.82) is 0 Å². The van der Waals surface area contributed by atoms with E-state index in [1.54, 1.807) is 7.11 Å². The molecule has 0 aliphatic heterocycles. The summed E-state index contributed by atoms with van der Waals surface area (Å²) >= 11 is 0. The van der Waals surface area contributed by atoms with Gasteiger partial charge in [0.05, 0.1) is 19.8 Å². The molecule has 0 saturated heterocycles. The lowest BCUT2D eigenvalue weighted by atomic mass is 10.2. The SMILES string of the molecule is CCOc1ccc(NC(CC)COC)cc1OCC. The largest absolute Gasteiger partial charge is 0.490 e. The Balaban J connectivity index is 2.81. The number of nitrogens with one attached hydrogen (secondary N) is 1. The van der Waals surface area contributed by atoms with Crippen LogP contribution < -0.4 is 14.8 Å². The van der Waals surface area contributed by atoms with Crippen molar-refractivity contribution in [3.8, 4) is 11.5 Å². The van der Waals surface area contributed by atoms with E-state index in [4.69, 9.17) is 14.2 Å². The summed E-state index contributed by atoms with van der Waals surface area (Å²) in [6, 6.07) is 6.23. The van der Waals surface area contributed by atoms with E-state index in [1.807, 2.05) is 32.0 Å². The molecule has 108 valence electrons. The fourth-order valence-electron chi connectivity index (χ4n) is 1.84. The van der Waals surface area contributed by atoms with E-state index < -0.39 is 0 Å². The molecule has 0 saturated carbocycles. The smallest absolute Gasteiger partial charge is 0.163 e. The molecule has 1 unspecified atom stereocenters. The van der Waals surface area contributed by atoms with E-state index >= 15 is 0 Å². The molecule has 0 spiro atoms. The van der Waals surface area contributed by atoms with Gasteiger partial charge in [-0.1, -0.05) is 6.92 Å². The fourth-order valence-corrected chi connectivity index (χ4v) is 1.84. The highest BCUT2D eigenvalue weighted by atomic mass is 16.5. The molecule has 4 heteroatoms. The van der Waals surface area contributed by atoms with Gasteiger partial charge in [-0.15, -0.1) is 0 Å². The molecule has 0 aliphatic carbocycles. The molecule has 0 fully saturated rings. The van der Waals surface area contributed by atoms with Gasteiger partial charge in [-0.25, -0.2) is 0 Å². The number of hydrogen-bond donors (Lipinski definition) is 1. The van der Waals surface area contributed by atoms with Crippen LogP contribution in [0.4, 0.5) is 5.69 Å². The first-order valence-electron chi connectivity index (χ1n) is 6.90. The van der Waals surface area contributed by atoms with Crippen molar-refractivity contribution in [3.63, 3.8) is 0 Å². The van der Waals surface area contributed by atoms with Crippen LogP contribution in [0.15, 0.2) is 18.2 Å². The molecule has 0 bridgehead atoms. The first-order chi connectivity index (χ1) is 9.24. The maximum atomic E-state index is 5.61. The van der Waals surface area contributed by atoms with Crippen LogP contribution in [-0.4, -0.2) is 33.0 Å². The summed E-state index contributed by atoms with van der Waals surface area (Å²) in [6.45, 7) is 8.01. The van der Waals surface area contributed by atoms with Crippen LogP contribution in [0.1, 0.15) is 27.2 Å². The second kappa shape index (κ2) is 8.64. The van der Waals surface area contributed by atoms with Crippen LogP contribution in [0.25, 0.3) is 0 Å². The zero-order valence-corrected chi connectivity index (χ0v) is 12.4. The minimum absolute atomic E-state index is 0.303. The highest BCUT2D eigenvalue weighted by Crippen LogP contribution is 2.31. The van der Waals surface area contributed by atoms with E-state index in [-0.39, 0.29) is 0 Å². The number of methoxy groups -OCH3 is 1. The summed E-state index contributed by atoms with van der Waals surface area (Å²) in [7, 11) is 1.72. The van der Waals surface area contributed by atoms with Gasteiger partial charge in [-0.3, -0.25) is 0 Å². The van der Waals surface area contributed by atoms with Gasteiger partial charge in [0.25, 0.3) is 0 Å². The second-order valence-electron chi connectivity index (χ2n) is 4.23. The highest BCUT2D eigenvalue weighted by molar-refractivity contribution is 5.55. The number of ether oxygens (including phenoxy) is 3. The average Bonchev–Trinajstić information content (AvgIpc) is 2.41. The summed E-state index contributed by atoms with van der Waals surface area (Å²) in [5, 5.41) is 3.44. The Labute approximate surface area is 116 Å². The van der Waals surface area contributed by atoms with Gasteiger partial charge in [0, 0.05) is 24.9 Å². The van der Waals surface area contributed by atoms with Crippen LogP contribution in [0.3, 0.4) is 0 Å². The van der Waals surface area contributed by atoms with Crippen LogP contribution in [0, 0.1) is 0 Å². The molecule has 4 nitrogen and oxygen atoms in total. The lowest BCUT2D eigenvalue weighted by Crippen LogP contribution is -2.23. The average molecular weight is 267 g/mol. The molecule has 1 rings (SSSR count). The first-order valence-corrected chi connectivity index (χ1v) is 6.90. The first kappa shape index (κ1) is 15.6. The number of hydrogen-bond acceptors (Lipinski definition) is 4. The van der Waals surface area contributed by atoms with Crippen molar-refractivity contribution in [1.82, 2.24) is 0 Å². The molecule has 19 heavy (non-hydrogen) atoms. The van der Waals surface area contributed by atoms with E-state index in [1.165, 1.54) is 0 Å². The topological polar surface area (TPSA) is 39.7 Å². The molecule has 1 aromatic carbocycles. The molecule has 0 heterocycles. The fraction of sp³-hybridized carbons (Fsp3) is 0.600. The summed E-state index contributed by atoms with van der Waals surface area (Å²) in [5.41, 5.74) is 1.02. The monoisotopic (exact) mass is 267 g/mol. The predicted octanol–water partition coefficient (Wildman–Crippen LogP) is 3.32. The second-order valence-corrected chi connectivity index (χ2v) is 4.23. The Morgan fingerprint density at radius 2 is 1.74 bits per heavy atom. The van der Waals surface area contributed by atoms with E-state index in [0.717, 1.165) is 23.6 Å². The van der Waals surface area contributed by atoms with Gasteiger partial charge in [0.1, 0.15) is 0 Å².